The molecule has 3 aromatic rings. The summed E-state index contributed by atoms with van der Waals surface area (Å²) >= 11 is 0. The van der Waals surface area contributed by atoms with Crippen LogP contribution in [0.2, 0.25) is 0 Å². The van der Waals surface area contributed by atoms with Crippen molar-refractivity contribution >= 4 is 21.6 Å². The zero-order valence-electron chi connectivity index (χ0n) is 23.0. The Hall–Kier alpha value is -3.72. The zero-order chi connectivity index (χ0) is 30.6. The summed E-state index contributed by atoms with van der Waals surface area (Å²) in [5.41, 5.74) is 3.44. The fourth-order valence-corrected chi connectivity index (χ4v) is 5.14. The first kappa shape index (κ1) is 31.2. The molecule has 13 heteroatoms. The number of carbonyl (C=O) groups excluding carboxylic acids is 1. The molecule has 226 valence electrons. The number of hydrogen-bond donors (Lipinski definition) is 7. The lowest BCUT2D eigenvalue weighted by atomic mass is 9.98. The Kier molecular flexibility index (Phi) is 9.71. The number of anilines is 1. The molecule has 5 atom stereocenters. The molecule has 1 fully saturated rings. The fourth-order valence-electron chi connectivity index (χ4n) is 4.51. The predicted octanol–water partition coefficient (Wildman–Crippen LogP) is 1.20. The molecule has 42 heavy (non-hydrogen) atoms. The van der Waals surface area contributed by atoms with Gasteiger partial charge in [0.05, 0.1) is 11.5 Å². The quantitative estimate of drug-likeness (QED) is 0.187. The molecule has 3 aromatic carbocycles. The van der Waals surface area contributed by atoms with Crippen LogP contribution >= 0.6 is 0 Å². The first-order chi connectivity index (χ1) is 19.8. The summed E-state index contributed by atoms with van der Waals surface area (Å²) in [4.78, 5) is 12.6. The van der Waals surface area contributed by atoms with Gasteiger partial charge in [-0.25, -0.2) is 13.2 Å². The van der Waals surface area contributed by atoms with Crippen LogP contribution < -0.4 is 15.4 Å². The van der Waals surface area contributed by atoms with Crippen LogP contribution in [-0.4, -0.2) is 83.6 Å². The van der Waals surface area contributed by atoms with Crippen molar-refractivity contribution in [2.75, 3.05) is 18.2 Å². The maximum absolute atomic E-state index is 12.4. The van der Waals surface area contributed by atoms with Gasteiger partial charge in [0.2, 0.25) is 6.29 Å². The van der Waals surface area contributed by atoms with Crippen LogP contribution in [0.25, 0.3) is 0 Å². The monoisotopic (exact) mass is 602 g/mol. The molecule has 7 N–H and O–H groups in total. The Morgan fingerprint density at radius 2 is 1.60 bits per heavy atom. The largest absolute Gasteiger partial charge is 0.508 e. The maximum atomic E-state index is 12.4. The van der Waals surface area contributed by atoms with E-state index in [2.05, 4.69) is 10.6 Å². The molecule has 1 aliphatic rings. The van der Waals surface area contributed by atoms with E-state index in [9.17, 15) is 38.7 Å². The second-order valence-corrected chi connectivity index (χ2v) is 12.2. The molecule has 1 heterocycles. The lowest BCUT2D eigenvalue weighted by Gasteiger charge is -2.39. The van der Waals surface area contributed by atoms with Crippen LogP contribution in [-0.2, 0) is 27.5 Å². The van der Waals surface area contributed by atoms with Crippen molar-refractivity contribution in [3.8, 4) is 11.5 Å². The molecule has 0 saturated carbocycles. The Bertz CT molecular complexity index is 1490. The Morgan fingerprint density at radius 3 is 2.21 bits per heavy atom. The fraction of sp³-hybridized carbons (Fsp3) is 0.345. The number of benzene rings is 3. The molecule has 1 aliphatic heterocycles. The number of phenols is 1. The van der Waals surface area contributed by atoms with Gasteiger partial charge in [0.15, 0.2) is 9.84 Å². The average molecular weight is 603 g/mol. The summed E-state index contributed by atoms with van der Waals surface area (Å²) in [5, 5.41) is 55.6. The van der Waals surface area contributed by atoms with E-state index < -0.39 is 53.2 Å². The van der Waals surface area contributed by atoms with E-state index in [4.69, 9.17) is 9.47 Å². The third-order valence-corrected chi connectivity index (χ3v) is 8.03. The van der Waals surface area contributed by atoms with Crippen molar-refractivity contribution in [1.29, 1.82) is 0 Å². The molecule has 4 rings (SSSR count). The van der Waals surface area contributed by atoms with Crippen molar-refractivity contribution < 1.29 is 48.2 Å². The minimum Gasteiger partial charge on any atom is -0.508 e. The number of phenolic OH excluding ortho intramolecular Hbond substituents is 1. The van der Waals surface area contributed by atoms with Crippen molar-refractivity contribution in [1.82, 2.24) is 5.32 Å². The number of aryl methyl sites for hydroxylation is 1. The minimum atomic E-state index is -3.30. The molecular weight excluding hydrogens is 568 g/mol. The van der Waals surface area contributed by atoms with Crippen LogP contribution in [0.1, 0.15) is 22.3 Å². The molecular formula is C29H34N2O10S. The summed E-state index contributed by atoms with van der Waals surface area (Å²) in [7, 11) is -3.30. The number of carbonyl (C=O) groups is 1. The summed E-state index contributed by atoms with van der Waals surface area (Å²) in [6, 6.07) is 15.7. The second kappa shape index (κ2) is 13.1. The third kappa shape index (κ3) is 7.56. The van der Waals surface area contributed by atoms with E-state index in [1.54, 1.807) is 49.4 Å². The number of rotatable bonds is 9. The zero-order valence-corrected chi connectivity index (χ0v) is 23.8. The molecule has 0 unspecified atom stereocenters. The number of sulfone groups is 1. The van der Waals surface area contributed by atoms with E-state index in [-0.39, 0.29) is 22.9 Å². The number of nitrogens with one attached hydrogen (secondary N) is 2. The van der Waals surface area contributed by atoms with Crippen LogP contribution in [0.5, 0.6) is 11.5 Å². The van der Waals surface area contributed by atoms with Gasteiger partial charge in [0.25, 0.3) is 0 Å². The highest BCUT2D eigenvalue weighted by Gasteiger charge is 2.45. The molecule has 0 aromatic heterocycles. The number of urea groups is 1. The minimum absolute atomic E-state index is 0.0901. The number of aliphatic hydroxyl groups excluding tert-OH is 4. The number of amides is 2. The summed E-state index contributed by atoms with van der Waals surface area (Å²) in [6.45, 7) is 1.36. The van der Waals surface area contributed by atoms with Crippen molar-refractivity contribution in [3.63, 3.8) is 0 Å². The number of aliphatic hydroxyl groups is 4. The highest BCUT2D eigenvalue weighted by molar-refractivity contribution is 7.90. The van der Waals surface area contributed by atoms with Crippen LogP contribution in [0.15, 0.2) is 65.6 Å². The highest BCUT2D eigenvalue weighted by Crippen LogP contribution is 2.33. The molecule has 0 spiro atoms. The Labute approximate surface area is 243 Å². The van der Waals surface area contributed by atoms with E-state index in [1.165, 1.54) is 18.2 Å². The van der Waals surface area contributed by atoms with Gasteiger partial charge in [0.1, 0.15) is 35.9 Å². The predicted molar refractivity (Wildman–Crippen MR) is 152 cm³/mol. The van der Waals surface area contributed by atoms with Crippen molar-refractivity contribution in [3.05, 3.63) is 82.9 Å². The molecule has 0 bridgehead atoms. The van der Waals surface area contributed by atoms with Crippen LogP contribution in [0.3, 0.4) is 0 Å². The average Bonchev–Trinajstić information content (AvgIpc) is 2.94. The van der Waals surface area contributed by atoms with Gasteiger partial charge in [-0.15, -0.1) is 0 Å². The second-order valence-electron chi connectivity index (χ2n) is 10.2. The highest BCUT2D eigenvalue weighted by atomic mass is 32.2. The van der Waals surface area contributed by atoms with Gasteiger partial charge in [-0.3, -0.25) is 0 Å². The van der Waals surface area contributed by atoms with E-state index in [1.807, 2.05) is 0 Å². The van der Waals surface area contributed by atoms with Gasteiger partial charge in [0, 0.05) is 36.5 Å². The number of aromatic hydroxyl groups is 1. The van der Waals surface area contributed by atoms with Crippen LogP contribution in [0, 0.1) is 6.92 Å². The molecule has 2 amide bonds. The molecule has 0 aliphatic carbocycles. The molecule has 0 radical (unpaired) electrons. The normalized spacial score (nSPS) is 22.4. The standard InChI is InChI=1S/C29H34N2O10S/c1-16-11-20(33)13-23(40-28-27(36)26(35)25(34)24(15-32)41-28)22(16)12-17-3-7-19(8-4-17)31-29(37)30-14-18-5-9-21(10-6-18)42(2,38)39/h3-11,13,24-28,32-36H,12,14-15H2,1-2H3,(H2,30,31,37)/t24-,25-,26+,27-,28-/m1/s1. The van der Waals surface area contributed by atoms with Gasteiger partial charge in [-0.2, -0.15) is 0 Å². The summed E-state index contributed by atoms with van der Waals surface area (Å²) < 4.78 is 34.5. The van der Waals surface area contributed by atoms with Gasteiger partial charge in [-0.05, 0) is 53.9 Å². The molecule has 12 nitrogen and oxygen atoms in total. The van der Waals surface area contributed by atoms with E-state index in [0.717, 1.165) is 17.4 Å². The summed E-state index contributed by atoms with van der Waals surface area (Å²) in [5.74, 6) is 0.0933. The lowest BCUT2D eigenvalue weighted by molar-refractivity contribution is -0.277. The van der Waals surface area contributed by atoms with Gasteiger partial charge in [-0.1, -0.05) is 24.3 Å². The summed E-state index contributed by atoms with van der Waals surface area (Å²) in [6.07, 6.45) is -5.84. The first-order valence-electron chi connectivity index (χ1n) is 13.1. The Morgan fingerprint density at radius 1 is 0.952 bits per heavy atom. The van der Waals surface area contributed by atoms with Crippen molar-refractivity contribution in [2.24, 2.45) is 0 Å². The third-order valence-electron chi connectivity index (χ3n) is 6.91. The van der Waals surface area contributed by atoms with E-state index >= 15 is 0 Å². The van der Waals surface area contributed by atoms with Gasteiger partial charge < -0.3 is 45.6 Å². The Balaban J connectivity index is 1.40. The smallest absolute Gasteiger partial charge is 0.319 e. The van der Waals surface area contributed by atoms with Gasteiger partial charge >= 0.3 is 6.03 Å². The number of ether oxygens (including phenoxy) is 2. The number of hydrogen-bond acceptors (Lipinski definition) is 10. The van der Waals surface area contributed by atoms with Crippen LogP contribution in [0.4, 0.5) is 10.5 Å². The first-order valence-corrected chi connectivity index (χ1v) is 15.0. The SMILES string of the molecule is Cc1cc(O)cc(O[C@@H]2O[C@H](CO)[C@@H](O)[C@H](O)[C@H]2O)c1Cc1ccc(NC(=O)NCc2ccc(S(C)(=O)=O)cc2)cc1. The lowest BCUT2D eigenvalue weighted by Crippen LogP contribution is -2.60. The topological polar surface area (TPSA) is 195 Å². The molecule has 1 saturated heterocycles. The van der Waals surface area contributed by atoms with E-state index in [0.29, 0.717) is 23.2 Å². The van der Waals surface area contributed by atoms with Crippen molar-refractivity contribution in [2.45, 2.75) is 55.5 Å². The maximum Gasteiger partial charge on any atom is 0.319 e.